The lowest BCUT2D eigenvalue weighted by Gasteiger charge is -2.34. The normalized spacial score (nSPS) is 20.6. The summed E-state index contributed by atoms with van der Waals surface area (Å²) in [7, 11) is 0. The van der Waals surface area contributed by atoms with Crippen molar-refractivity contribution in [1.29, 1.82) is 0 Å². The average molecular weight is 324 g/mol. The maximum atomic E-state index is 12.6. The van der Waals surface area contributed by atoms with Gasteiger partial charge in [0.2, 0.25) is 0 Å². The number of nitrogens with one attached hydrogen (secondary N) is 2. The van der Waals surface area contributed by atoms with Gasteiger partial charge in [0, 0.05) is 5.70 Å². The van der Waals surface area contributed by atoms with Crippen LogP contribution >= 0.6 is 0 Å². The molecule has 2 atom stereocenters. The number of esters is 1. The second-order valence-corrected chi connectivity index (χ2v) is 6.13. The number of ether oxygens (including phenoxy) is 1. The highest BCUT2D eigenvalue weighted by atomic mass is 16.5. The van der Waals surface area contributed by atoms with Crippen molar-refractivity contribution in [1.82, 2.24) is 10.6 Å². The molecule has 1 fully saturated rings. The molecular formula is C19H20N2O3. The summed E-state index contributed by atoms with van der Waals surface area (Å²) >= 11 is 0. The van der Waals surface area contributed by atoms with Gasteiger partial charge < -0.3 is 15.4 Å². The number of rotatable bonds is 3. The number of fused-ring (bicyclic) bond motifs is 1. The molecule has 0 saturated carbocycles. The van der Waals surface area contributed by atoms with Gasteiger partial charge in [0.15, 0.2) is 0 Å². The molecule has 3 rings (SSSR count). The van der Waals surface area contributed by atoms with Crippen LogP contribution in [-0.2, 0) is 9.53 Å². The van der Waals surface area contributed by atoms with Crippen molar-refractivity contribution >= 4 is 22.8 Å². The largest absolute Gasteiger partial charge is 0.462 e. The molecule has 0 bridgehead atoms. The summed E-state index contributed by atoms with van der Waals surface area (Å²) in [4.78, 5) is 24.5. The molecule has 24 heavy (non-hydrogen) atoms. The van der Waals surface area contributed by atoms with E-state index in [2.05, 4.69) is 17.2 Å². The third kappa shape index (κ3) is 2.97. The summed E-state index contributed by atoms with van der Waals surface area (Å²) in [5.41, 5.74) is 1.22. The minimum atomic E-state index is -0.684. The fourth-order valence-electron chi connectivity index (χ4n) is 3.05. The van der Waals surface area contributed by atoms with E-state index in [0.29, 0.717) is 5.70 Å². The summed E-state index contributed by atoms with van der Waals surface area (Å²) in [5, 5.41) is 7.47. The fraction of sp³-hybridized carbons (Fsp3) is 0.263. The molecule has 2 amide bonds. The molecule has 2 unspecified atom stereocenters. The van der Waals surface area contributed by atoms with Crippen LogP contribution in [0.1, 0.15) is 25.5 Å². The van der Waals surface area contributed by atoms with Crippen LogP contribution in [-0.4, -0.2) is 18.1 Å². The highest BCUT2D eigenvalue weighted by Gasteiger charge is 2.39. The number of amides is 2. The van der Waals surface area contributed by atoms with Crippen molar-refractivity contribution in [2.24, 2.45) is 5.92 Å². The van der Waals surface area contributed by atoms with E-state index >= 15 is 0 Å². The molecule has 1 saturated heterocycles. The number of carbonyl (C=O) groups excluding carboxylic acids is 2. The van der Waals surface area contributed by atoms with Gasteiger partial charge in [-0.15, -0.1) is 0 Å². The predicted octanol–water partition coefficient (Wildman–Crippen LogP) is 3.28. The zero-order chi connectivity index (χ0) is 17.3. The quantitative estimate of drug-likeness (QED) is 0.852. The van der Waals surface area contributed by atoms with Gasteiger partial charge in [-0.3, -0.25) is 4.79 Å². The average Bonchev–Trinajstić information content (AvgIpc) is 2.52. The van der Waals surface area contributed by atoms with Crippen LogP contribution in [0.15, 0.2) is 54.7 Å². The molecule has 2 N–H and O–H groups in total. The van der Waals surface area contributed by atoms with E-state index in [9.17, 15) is 9.59 Å². The lowest BCUT2D eigenvalue weighted by atomic mass is 9.86. The number of carbonyl (C=O) groups is 2. The Labute approximate surface area is 140 Å². The Morgan fingerprint density at radius 2 is 1.88 bits per heavy atom. The minimum absolute atomic E-state index is 0.240. The maximum Gasteiger partial charge on any atom is 0.319 e. The van der Waals surface area contributed by atoms with Crippen LogP contribution in [0.5, 0.6) is 0 Å². The lowest BCUT2D eigenvalue weighted by Crippen LogP contribution is -2.51. The monoisotopic (exact) mass is 324 g/mol. The van der Waals surface area contributed by atoms with E-state index < -0.39 is 17.9 Å². The Morgan fingerprint density at radius 3 is 2.62 bits per heavy atom. The Morgan fingerprint density at radius 1 is 1.17 bits per heavy atom. The highest BCUT2D eigenvalue weighted by Crippen LogP contribution is 2.34. The number of hydrogen-bond donors (Lipinski definition) is 2. The van der Waals surface area contributed by atoms with Crippen LogP contribution in [0.4, 0.5) is 4.79 Å². The number of benzene rings is 2. The first-order valence-electron chi connectivity index (χ1n) is 7.92. The topological polar surface area (TPSA) is 67.4 Å². The molecular weight excluding hydrogens is 304 g/mol. The third-order valence-electron chi connectivity index (χ3n) is 4.03. The minimum Gasteiger partial charge on any atom is -0.462 e. The second kappa shape index (κ2) is 6.35. The Bertz CT molecular complexity index is 808. The zero-order valence-electron chi connectivity index (χ0n) is 13.7. The molecule has 5 nitrogen and oxygen atoms in total. The van der Waals surface area contributed by atoms with Crippen molar-refractivity contribution in [2.75, 3.05) is 0 Å². The van der Waals surface area contributed by atoms with Crippen molar-refractivity contribution in [3.63, 3.8) is 0 Å². The summed E-state index contributed by atoms with van der Waals surface area (Å²) < 4.78 is 5.37. The smallest absolute Gasteiger partial charge is 0.319 e. The summed E-state index contributed by atoms with van der Waals surface area (Å²) in [5.74, 6) is -1.09. The fourth-order valence-corrected chi connectivity index (χ4v) is 3.05. The van der Waals surface area contributed by atoms with Crippen LogP contribution in [0.25, 0.3) is 10.8 Å². The van der Waals surface area contributed by atoms with E-state index in [1.54, 1.807) is 13.8 Å². The van der Waals surface area contributed by atoms with E-state index in [1.165, 1.54) is 0 Å². The SMILES string of the molecule is C=C1NC(=O)NC(c2cccc3ccccc23)C1C(=O)OC(C)C. The first-order chi connectivity index (χ1) is 11.5. The molecule has 124 valence electrons. The van der Waals surface area contributed by atoms with Gasteiger partial charge >= 0.3 is 12.0 Å². The summed E-state index contributed by atoms with van der Waals surface area (Å²) in [6.45, 7) is 7.45. The standard InChI is InChI=1S/C19H20N2O3/c1-11(2)24-18(22)16-12(3)20-19(23)21-17(16)15-10-6-8-13-7-4-5-9-14(13)15/h4-11,16-17H,3H2,1-2H3,(H2,20,21,23). The first-order valence-corrected chi connectivity index (χ1v) is 7.92. The van der Waals surface area contributed by atoms with Crippen LogP contribution in [0.3, 0.4) is 0 Å². The zero-order valence-corrected chi connectivity index (χ0v) is 13.7. The molecule has 1 aliphatic heterocycles. The summed E-state index contributed by atoms with van der Waals surface area (Å²) in [6, 6.07) is 12.8. The molecule has 1 aliphatic rings. The third-order valence-corrected chi connectivity index (χ3v) is 4.03. The Kier molecular flexibility index (Phi) is 4.25. The molecule has 0 radical (unpaired) electrons. The van der Waals surface area contributed by atoms with E-state index in [-0.39, 0.29) is 12.1 Å². The van der Waals surface area contributed by atoms with Gasteiger partial charge in [-0.25, -0.2) is 4.79 Å². The van der Waals surface area contributed by atoms with Crippen LogP contribution in [0.2, 0.25) is 0 Å². The first kappa shape index (κ1) is 16.1. The van der Waals surface area contributed by atoms with Crippen molar-refractivity contribution in [3.05, 3.63) is 60.3 Å². The van der Waals surface area contributed by atoms with Gasteiger partial charge in [-0.2, -0.15) is 0 Å². The van der Waals surface area contributed by atoms with Crippen molar-refractivity contribution in [3.8, 4) is 0 Å². The van der Waals surface area contributed by atoms with E-state index in [1.807, 2.05) is 42.5 Å². The van der Waals surface area contributed by atoms with Gasteiger partial charge in [0.1, 0.15) is 5.92 Å². The molecule has 2 aromatic rings. The second-order valence-electron chi connectivity index (χ2n) is 6.13. The van der Waals surface area contributed by atoms with Crippen molar-refractivity contribution in [2.45, 2.75) is 26.0 Å². The van der Waals surface area contributed by atoms with Gasteiger partial charge in [0.05, 0.1) is 12.1 Å². The van der Waals surface area contributed by atoms with E-state index in [4.69, 9.17) is 4.74 Å². The molecule has 5 heteroatoms. The lowest BCUT2D eigenvalue weighted by molar-refractivity contribution is -0.152. The van der Waals surface area contributed by atoms with Crippen LogP contribution in [0, 0.1) is 5.92 Å². The van der Waals surface area contributed by atoms with Crippen molar-refractivity contribution < 1.29 is 14.3 Å². The highest BCUT2D eigenvalue weighted by molar-refractivity contribution is 5.90. The molecule has 0 spiro atoms. The molecule has 1 heterocycles. The number of hydrogen-bond acceptors (Lipinski definition) is 3. The Hall–Kier alpha value is -2.82. The molecule has 0 aromatic heterocycles. The maximum absolute atomic E-state index is 12.6. The summed E-state index contributed by atoms with van der Waals surface area (Å²) in [6.07, 6.45) is -0.240. The predicted molar refractivity (Wildman–Crippen MR) is 92.2 cm³/mol. The Balaban J connectivity index is 2.08. The van der Waals surface area contributed by atoms with Gasteiger partial charge in [-0.05, 0) is 30.2 Å². The number of urea groups is 1. The van der Waals surface area contributed by atoms with Gasteiger partial charge in [0.25, 0.3) is 0 Å². The van der Waals surface area contributed by atoms with E-state index in [0.717, 1.165) is 16.3 Å². The molecule has 2 aromatic carbocycles. The van der Waals surface area contributed by atoms with Gasteiger partial charge in [-0.1, -0.05) is 49.0 Å². The van der Waals surface area contributed by atoms with Crippen LogP contribution < -0.4 is 10.6 Å². The molecule has 0 aliphatic carbocycles.